The highest BCUT2D eigenvalue weighted by molar-refractivity contribution is 5.68. The van der Waals surface area contributed by atoms with Crippen LogP contribution in [0, 0.1) is 25.5 Å². The number of aryl methyl sites for hydroxylation is 1. The van der Waals surface area contributed by atoms with Crippen molar-refractivity contribution in [2.45, 2.75) is 13.8 Å². The molecule has 16 heavy (non-hydrogen) atoms. The lowest BCUT2D eigenvalue weighted by Gasteiger charge is -2.09. The fourth-order valence-corrected chi connectivity index (χ4v) is 1.79. The molecule has 0 aliphatic rings. The Balaban J connectivity index is 2.66. The van der Waals surface area contributed by atoms with Crippen LogP contribution in [-0.4, -0.2) is 0 Å². The highest BCUT2D eigenvalue weighted by atomic mass is 19.1. The molecule has 0 heterocycles. The molecule has 0 spiro atoms. The van der Waals surface area contributed by atoms with Gasteiger partial charge in [0.05, 0.1) is 0 Å². The summed E-state index contributed by atoms with van der Waals surface area (Å²) in [5.41, 5.74) is 2.13. The molecule has 2 rings (SSSR count). The standard InChI is InChI=1S/C14H12F2/c1-9-7-8-11(10(2)14(9)16)12-5-3-4-6-13(12)15/h3-8H,1-2H3. The van der Waals surface area contributed by atoms with Gasteiger partial charge in [-0.25, -0.2) is 8.78 Å². The summed E-state index contributed by atoms with van der Waals surface area (Å²) in [4.78, 5) is 0. The largest absolute Gasteiger partial charge is 0.206 e. The molecule has 2 aromatic carbocycles. The Bertz CT molecular complexity index is 530. The minimum atomic E-state index is -0.325. The Morgan fingerprint density at radius 3 is 2.19 bits per heavy atom. The van der Waals surface area contributed by atoms with Gasteiger partial charge in [-0.1, -0.05) is 30.3 Å². The van der Waals surface area contributed by atoms with Crippen LogP contribution in [0.3, 0.4) is 0 Å². The van der Waals surface area contributed by atoms with E-state index in [1.54, 1.807) is 44.2 Å². The average molecular weight is 218 g/mol. The van der Waals surface area contributed by atoms with Gasteiger partial charge in [-0.05, 0) is 36.6 Å². The number of halogens is 2. The van der Waals surface area contributed by atoms with Crippen LogP contribution in [0.2, 0.25) is 0 Å². The molecule has 0 atom stereocenters. The molecule has 0 unspecified atom stereocenters. The number of hydrogen-bond donors (Lipinski definition) is 0. The van der Waals surface area contributed by atoms with Crippen LogP contribution in [0.5, 0.6) is 0 Å². The van der Waals surface area contributed by atoms with Gasteiger partial charge in [0, 0.05) is 5.56 Å². The van der Waals surface area contributed by atoms with E-state index in [9.17, 15) is 8.78 Å². The number of rotatable bonds is 1. The molecule has 0 N–H and O–H groups in total. The van der Waals surface area contributed by atoms with Crippen molar-refractivity contribution in [3.8, 4) is 11.1 Å². The second-order valence-corrected chi connectivity index (χ2v) is 3.85. The van der Waals surface area contributed by atoms with E-state index in [1.807, 2.05) is 0 Å². The zero-order valence-corrected chi connectivity index (χ0v) is 9.22. The van der Waals surface area contributed by atoms with Crippen molar-refractivity contribution in [2.75, 3.05) is 0 Å². The maximum atomic E-state index is 13.7. The molecule has 0 aliphatic heterocycles. The summed E-state index contributed by atoms with van der Waals surface area (Å²) in [7, 11) is 0. The molecule has 0 nitrogen and oxygen atoms in total. The molecule has 0 radical (unpaired) electrons. The molecule has 82 valence electrons. The summed E-state index contributed by atoms with van der Waals surface area (Å²) in [6.45, 7) is 3.37. The Morgan fingerprint density at radius 2 is 1.50 bits per heavy atom. The van der Waals surface area contributed by atoms with Crippen LogP contribution in [0.25, 0.3) is 11.1 Å². The fraction of sp³-hybridized carbons (Fsp3) is 0.143. The molecular formula is C14H12F2. The summed E-state index contributed by atoms with van der Waals surface area (Å²) in [5.74, 6) is -0.588. The molecule has 0 bridgehead atoms. The maximum absolute atomic E-state index is 13.7. The van der Waals surface area contributed by atoms with E-state index >= 15 is 0 Å². The van der Waals surface area contributed by atoms with Crippen molar-refractivity contribution < 1.29 is 8.78 Å². The van der Waals surface area contributed by atoms with Gasteiger partial charge in [0.15, 0.2) is 0 Å². The first-order chi connectivity index (χ1) is 7.61. The minimum absolute atomic E-state index is 0.263. The van der Waals surface area contributed by atoms with E-state index < -0.39 is 0 Å². The van der Waals surface area contributed by atoms with Gasteiger partial charge in [0.25, 0.3) is 0 Å². The van der Waals surface area contributed by atoms with Gasteiger partial charge in [0.1, 0.15) is 11.6 Å². The summed E-state index contributed by atoms with van der Waals surface area (Å²) in [5, 5.41) is 0. The molecule has 0 aliphatic carbocycles. The second-order valence-electron chi connectivity index (χ2n) is 3.85. The van der Waals surface area contributed by atoms with E-state index in [1.165, 1.54) is 6.07 Å². The van der Waals surface area contributed by atoms with Crippen molar-refractivity contribution in [3.63, 3.8) is 0 Å². The molecule has 0 aromatic heterocycles. The monoisotopic (exact) mass is 218 g/mol. The third kappa shape index (κ3) is 1.71. The van der Waals surface area contributed by atoms with Gasteiger partial charge in [0.2, 0.25) is 0 Å². The van der Waals surface area contributed by atoms with Crippen LogP contribution < -0.4 is 0 Å². The van der Waals surface area contributed by atoms with Crippen molar-refractivity contribution in [1.82, 2.24) is 0 Å². The lowest BCUT2D eigenvalue weighted by molar-refractivity contribution is 0.608. The highest BCUT2D eigenvalue weighted by Gasteiger charge is 2.11. The zero-order chi connectivity index (χ0) is 11.7. The normalized spacial score (nSPS) is 10.5. The third-order valence-electron chi connectivity index (χ3n) is 2.74. The van der Waals surface area contributed by atoms with Gasteiger partial charge >= 0.3 is 0 Å². The summed E-state index contributed by atoms with van der Waals surface area (Å²) < 4.78 is 27.3. The van der Waals surface area contributed by atoms with Gasteiger partial charge < -0.3 is 0 Å². The van der Waals surface area contributed by atoms with Gasteiger partial charge in [-0.15, -0.1) is 0 Å². The maximum Gasteiger partial charge on any atom is 0.131 e. The van der Waals surface area contributed by atoms with Crippen molar-refractivity contribution in [1.29, 1.82) is 0 Å². The zero-order valence-electron chi connectivity index (χ0n) is 9.22. The van der Waals surface area contributed by atoms with Gasteiger partial charge in [-0.2, -0.15) is 0 Å². The van der Waals surface area contributed by atoms with Gasteiger partial charge in [-0.3, -0.25) is 0 Å². The smallest absolute Gasteiger partial charge is 0.131 e. The summed E-state index contributed by atoms with van der Waals surface area (Å²) >= 11 is 0. The minimum Gasteiger partial charge on any atom is -0.206 e. The SMILES string of the molecule is Cc1ccc(-c2ccccc2F)c(C)c1F. The van der Waals surface area contributed by atoms with Crippen molar-refractivity contribution in [3.05, 3.63) is 59.2 Å². The average Bonchev–Trinajstić information content (AvgIpc) is 2.28. The first-order valence-electron chi connectivity index (χ1n) is 5.12. The predicted octanol–water partition coefficient (Wildman–Crippen LogP) is 4.25. The highest BCUT2D eigenvalue weighted by Crippen LogP contribution is 2.28. The van der Waals surface area contributed by atoms with Crippen molar-refractivity contribution in [2.24, 2.45) is 0 Å². The lowest BCUT2D eigenvalue weighted by atomic mass is 9.98. The Kier molecular flexibility index (Phi) is 2.73. The lowest BCUT2D eigenvalue weighted by Crippen LogP contribution is -1.93. The fourth-order valence-electron chi connectivity index (χ4n) is 1.79. The first kappa shape index (κ1) is 10.8. The van der Waals surface area contributed by atoms with Crippen LogP contribution in [0.1, 0.15) is 11.1 Å². The summed E-state index contributed by atoms with van der Waals surface area (Å²) in [6.07, 6.45) is 0. The van der Waals surface area contributed by atoms with Crippen molar-refractivity contribution >= 4 is 0 Å². The van der Waals surface area contributed by atoms with E-state index in [4.69, 9.17) is 0 Å². The van der Waals surface area contributed by atoms with Crippen LogP contribution in [0.15, 0.2) is 36.4 Å². The van der Waals surface area contributed by atoms with Crippen LogP contribution in [-0.2, 0) is 0 Å². The predicted molar refractivity (Wildman–Crippen MR) is 61.3 cm³/mol. The van der Waals surface area contributed by atoms with E-state index in [-0.39, 0.29) is 11.6 Å². The second kappa shape index (κ2) is 4.05. The molecular weight excluding hydrogens is 206 g/mol. The molecule has 0 fully saturated rings. The number of hydrogen-bond acceptors (Lipinski definition) is 0. The third-order valence-corrected chi connectivity index (χ3v) is 2.74. The van der Waals surface area contributed by atoms with E-state index in [0.717, 1.165) is 0 Å². The molecule has 2 heteroatoms. The molecule has 0 saturated heterocycles. The van der Waals surface area contributed by atoms with E-state index in [0.29, 0.717) is 22.3 Å². The van der Waals surface area contributed by atoms with Crippen LogP contribution >= 0.6 is 0 Å². The van der Waals surface area contributed by atoms with Crippen LogP contribution in [0.4, 0.5) is 8.78 Å². The molecule has 2 aromatic rings. The quantitative estimate of drug-likeness (QED) is 0.671. The Morgan fingerprint density at radius 1 is 0.812 bits per heavy atom. The topological polar surface area (TPSA) is 0 Å². The number of benzene rings is 2. The Hall–Kier alpha value is -1.70. The van der Waals surface area contributed by atoms with E-state index in [2.05, 4.69) is 0 Å². The molecule has 0 saturated carbocycles. The summed E-state index contributed by atoms with van der Waals surface area (Å²) in [6, 6.07) is 9.84. The Labute approximate surface area is 93.5 Å². The molecule has 0 amide bonds. The first-order valence-corrected chi connectivity index (χ1v) is 5.12.